The Balaban J connectivity index is 2.59. The Morgan fingerprint density at radius 3 is 2.48 bits per heavy atom. The molecule has 0 aliphatic carbocycles. The maximum absolute atomic E-state index is 12.5. The Kier molecular flexibility index (Phi) is 4.88. The molecule has 2 rings (SSSR count). The van der Waals surface area contributed by atoms with Crippen molar-refractivity contribution in [2.24, 2.45) is 5.73 Å². The minimum atomic E-state index is -0.183. The monoisotopic (exact) mass is 302 g/mol. The summed E-state index contributed by atoms with van der Waals surface area (Å²) in [6.45, 7) is 2.92. The van der Waals surface area contributed by atoms with Gasteiger partial charge in [0.2, 0.25) is 0 Å². The third-order valence-electron chi connectivity index (χ3n) is 3.31. The van der Waals surface area contributed by atoms with Gasteiger partial charge in [-0.25, -0.2) is 0 Å². The van der Waals surface area contributed by atoms with Crippen molar-refractivity contribution < 1.29 is 4.74 Å². The molecule has 0 aliphatic heterocycles. The van der Waals surface area contributed by atoms with Crippen molar-refractivity contribution >= 4 is 17.2 Å². The average Bonchev–Trinajstić information content (AvgIpc) is 2.46. The zero-order valence-corrected chi connectivity index (χ0v) is 12.9. The first kappa shape index (κ1) is 15.4. The Morgan fingerprint density at radius 1 is 1.24 bits per heavy atom. The summed E-state index contributed by atoms with van der Waals surface area (Å²) in [5, 5.41) is 0. The first-order valence-corrected chi connectivity index (χ1v) is 7.05. The predicted octanol–water partition coefficient (Wildman–Crippen LogP) is 2.10. The van der Waals surface area contributed by atoms with Gasteiger partial charge >= 0.3 is 0 Å². The summed E-state index contributed by atoms with van der Waals surface area (Å²) in [6, 6.07) is 11.6. The van der Waals surface area contributed by atoms with Crippen molar-refractivity contribution in [1.82, 2.24) is 4.57 Å². The Labute approximate surface area is 129 Å². The average molecular weight is 302 g/mol. The van der Waals surface area contributed by atoms with E-state index in [2.05, 4.69) is 0 Å². The number of aromatic nitrogens is 1. The first-order chi connectivity index (χ1) is 10.0. The van der Waals surface area contributed by atoms with Crippen LogP contribution >= 0.6 is 12.2 Å². The fraction of sp³-hybridized carbons (Fsp3) is 0.250. The highest BCUT2D eigenvalue weighted by Gasteiger charge is 2.11. The number of hydrogen-bond acceptors (Lipinski definition) is 3. The molecule has 0 saturated carbocycles. The molecule has 21 heavy (non-hydrogen) atoms. The molecule has 1 aromatic heterocycles. The van der Waals surface area contributed by atoms with Crippen LogP contribution in [-0.4, -0.2) is 23.3 Å². The SMILES string of the molecule is COCCn1c(-c2ccc(C)cc2)ccc(C(N)=S)c1=O. The van der Waals surface area contributed by atoms with Gasteiger partial charge in [-0.1, -0.05) is 42.0 Å². The number of methoxy groups -OCH3 is 1. The van der Waals surface area contributed by atoms with Crippen molar-refractivity contribution in [2.75, 3.05) is 13.7 Å². The van der Waals surface area contributed by atoms with Crippen LogP contribution in [0.25, 0.3) is 11.3 Å². The number of nitrogens with zero attached hydrogens (tertiary/aromatic N) is 1. The Hall–Kier alpha value is -1.98. The number of pyridine rings is 1. The molecule has 1 heterocycles. The zero-order valence-electron chi connectivity index (χ0n) is 12.1. The van der Waals surface area contributed by atoms with E-state index in [0.29, 0.717) is 18.7 Å². The summed E-state index contributed by atoms with van der Waals surface area (Å²) < 4.78 is 6.74. The second-order valence-corrected chi connectivity index (χ2v) is 5.25. The van der Waals surface area contributed by atoms with Gasteiger partial charge in [0.05, 0.1) is 17.9 Å². The maximum Gasteiger partial charge on any atom is 0.261 e. The quantitative estimate of drug-likeness (QED) is 0.859. The number of hydrogen-bond donors (Lipinski definition) is 1. The van der Waals surface area contributed by atoms with Crippen molar-refractivity contribution in [2.45, 2.75) is 13.5 Å². The molecule has 4 nitrogen and oxygen atoms in total. The number of nitrogens with two attached hydrogens (primary N) is 1. The Bertz CT molecular complexity index is 705. The lowest BCUT2D eigenvalue weighted by molar-refractivity contribution is 0.186. The van der Waals surface area contributed by atoms with Crippen molar-refractivity contribution in [1.29, 1.82) is 0 Å². The molecule has 2 N–H and O–H groups in total. The molecule has 5 heteroatoms. The molecule has 0 amide bonds. The van der Waals surface area contributed by atoms with Gasteiger partial charge < -0.3 is 15.0 Å². The lowest BCUT2D eigenvalue weighted by atomic mass is 10.1. The fourth-order valence-electron chi connectivity index (χ4n) is 2.15. The van der Waals surface area contributed by atoms with E-state index in [-0.39, 0.29) is 10.5 Å². The van der Waals surface area contributed by atoms with Crippen LogP contribution in [0.15, 0.2) is 41.2 Å². The van der Waals surface area contributed by atoms with E-state index in [1.54, 1.807) is 17.7 Å². The molecule has 0 radical (unpaired) electrons. The van der Waals surface area contributed by atoms with E-state index < -0.39 is 0 Å². The smallest absolute Gasteiger partial charge is 0.261 e. The highest BCUT2D eigenvalue weighted by molar-refractivity contribution is 7.80. The molecular weight excluding hydrogens is 284 g/mol. The van der Waals surface area contributed by atoms with E-state index in [1.165, 1.54) is 5.56 Å². The van der Waals surface area contributed by atoms with Crippen LogP contribution in [0.1, 0.15) is 11.1 Å². The summed E-state index contributed by atoms with van der Waals surface area (Å²) >= 11 is 4.93. The normalized spacial score (nSPS) is 10.6. The van der Waals surface area contributed by atoms with E-state index in [0.717, 1.165) is 11.3 Å². The molecule has 2 aromatic rings. The second kappa shape index (κ2) is 6.65. The third kappa shape index (κ3) is 3.37. The van der Waals surface area contributed by atoms with Gasteiger partial charge in [-0.15, -0.1) is 0 Å². The number of aryl methyl sites for hydroxylation is 1. The van der Waals surface area contributed by atoms with Crippen molar-refractivity contribution in [3.8, 4) is 11.3 Å². The van der Waals surface area contributed by atoms with Crippen LogP contribution in [-0.2, 0) is 11.3 Å². The van der Waals surface area contributed by atoms with Crippen LogP contribution in [0.2, 0.25) is 0 Å². The van der Waals surface area contributed by atoms with Gasteiger partial charge in [-0.05, 0) is 24.6 Å². The van der Waals surface area contributed by atoms with Crippen LogP contribution in [0.3, 0.4) is 0 Å². The molecule has 110 valence electrons. The molecule has 0 saturated heterocycles. The topological polar surface area (TPSA) is 57.2 Å². The number of rotatable bonds is 5. The summed E-state index contributed by atoms with van der Waals surface area (Å²) in [5.41, 5.74) is 8.76. The molecule has 0 spiro atoms. The third-order valence-corrected chi connectivity index (χ3v) is 3.53. The van der Waals surface area contributed by atoms with Crippen LogP contribution < -0.4 is 11.3 Å². The number of benzene rings is 1. The van der Waals surface area contributed by atoms with Gasteiger partial charge in [0, 0.05) is 13.7 Å². The fourth-order valence-corrected chi connectivity index (χ4v) is 2.30. The summed E-state index contributed by atoms with van der Waals surface area (Å²) in [5.74, 6) is 0. The van der Waals surface area contributed by atoms with Crippen molar-refractivity contribution in [3.63, 3.8) is 0 Å². The minimum Gasteiger partial charge on any atom is -0.389 e. The maximum atomic E-state index is 12.5. The Morgan fingerprint density at radius 2 is 1.90 bits per heavy atom. The number of thiocarbonyl (C=S) groups is 1. The zero-order chi connectivity index (χ0) is 15.4. The first-order valence-electron chi connectivity index (χ1n) is 6.64. The van der Waals surface area contributed by atoms with E-state index in [4.69, 9.17) is 22.7 Å². The van der Waals surface area contributed by atoms with Gasteiger partial charge in [-0.2, -0.15) is 0 Å². The summed E-state index contributed by atoms with van der Waals surface area (Å²) in [7, 11) is 1.61. The summed E-state index contributed by atoms with van der Waals surface area (Å²) in [4.78, 5) is 12.6. The molecule has 0 bridgehead atoms. The van der Waals surface area contributed by atoms with Gasteiger partial charge in [0.1, 0.15) is 4.99 Å². The highest BCUT2D eigenvalue weighted by Crippen LogP contribution is 2.19. The van der Waals surface area contributed by atoms with E-state index >= 15 is 0 Å². The van der Waals surface area contributed by atoms with Gasteiger partial charge in [0.15, 0.2) is 0 Å². The summed E-state index contributed by atoms with van der Waals surface area (Å²) in [6.07, 6.45) is 0. The minimum absolute atomic E-state index is 0.113. The van der Waals surface area contributed by atoms with E-state index in [1.807, 2.05) is 37.3 Å². The van der Waals surface area contributed by atoms with E-state index in [9.17, 15) is 4.79 Å². The molecule has 0 atom stereocenters. The van der Waals surface area contributed by atoms with Crippen LogP contribution in [0.5, 0.6) is 0 Å². The largest absolute Gasteiger partial charge is 0.389 e. The molecule has 0 fully saturated rings. The number of ether oxygens (including phenoxy) is 1. The van der Waals surface area contributed by atoms with Crippen molar-refractivity contribution in [3.05, 3.63) is 57.9 Å². The van der Waals surface area contributed by atoms with Crippen LogP contribution in [0, 0.1) is 6.92 Å². The molecule has 1 aromatic carbocycles. The van der Waals surface area contributed by atoms with Gasteiger partial charge in [-0.3, -0.25) is 4.79 Å². The molecule has 0 unspecified atom stereocenters. The second-order valence-electron chi connectivity index (χ2n) is 4.81. The standard InChI is InChI=1S/C16H18N2O2S/c1-11-3-5-12(6-4-11)14-8-7-13(15(17)21)16(19)18(14)9-10-20-2/h3-8H,9-10H2,1-2H3,(H2,17,21). The molecule has 0 aliphatic rings. The van der Waals surface area contributed by atoms with Crippen LogP contribution in [0.4, 0.5) is 0 Å². The van der Waals surface area contributed by atoms with Gasteiger partial charge in [0.25, 0.3) is 5.56 Å². The highest BCUT2D eigenvalue weighted by atomic mass is 32.1. The lowest BCUT2D eigenvalue weighted by Gasteiger charge is -2.14. The lowest BCUT2D eigenvalue weighted by Crippen LogP contribution is -2.31. The molecular formula is C16H18N2O2S. The predicted molar refractivity (Wildman–Crippen MR) is 88.6 cm³/mol.